The number of anilines is 1. The van der Waals surface area contributed by atoms with Crippen molar-refractivity contribution < 1.29 is 4.79 Å². The summed E-state index contributed by atoms with van der Waals surface area (Å²) in [6.07, 6.45) is 1.53. The molecule has 0 aliphatic heterocycles. The number of pyridine rings is 1. The van der Waals surface area contributed by atoms with Crippen LogP contribution >= 0.6 is 0 Å². The predicted molar refractivity (Wildman–Crippen MR) is 68.4 cm³/mol. The van der Waals surface area contributed by atoms with Gasteiger partial charge in [-0.05, 0) is 24.0 Å². The molecule has 17 heavy (non-hydrogen) atoms. The zero-order chi connectivity index (χ0) is 12.8. The lowest BCUT2D eigenvalue weighted by molar-refractivity contribution is 0.0940. The van der Waals surface area contributed by atoms with Crippen LogP contribution < -0.4 is 16.6 Å². The Kier molecular flexibility index (Phi) is 4.90. The summed E-state index contributed by atoms with van der Waals surface area (Å²) < 4.78 is 0. The predicted octanol–water partition coefficient (Wildman–Crippen LogP) is 1.39. The topological polar surface area (TPSA) is 80.0 Å². The maximum Gasteiger partial charge on any atom is 0.269 e. The van der Waals surface area contributed by atoms with Crippen molar-refractivity contribution in [2.75, 3.05) is 12.0 Å². The Morgan fingerprint density at radius 2 is 2.12 bits per heavy atom. The lowest BCUT2D eigenvalue weighted by Gasteiger charge is -2.15. The number of nitrogens with zero attached hydrogens (tertiary/aromatic N) is 1. The molecular formula is C12H20N4O. The van der Waals surface area contributed by atoms with Gasteiger partial charge in [0.15, 0.2) is 0 Å². The summed E-state index contributed by atoms with van der Waals surface area (Å²) in [5, 5.41) is 2.86. The molecule has 0 aliphatic rings. The van der Waals surface area contributed by atoms with E-state index in [0.29, 0.717) is 29.8 Å². The van der Waals surface area contributed by atoms with Gasteiger partial charge in [0.1, 0.15) is 5.69 Å². The monoisotopic (exact) mass is 236 g/mol. The van der Waals surface area contributed by atoms with Crippen LogP contribution in [0.2, 0.25) is 0 Å². The fraction of sp³-hybridized carbons (Fsp3) is 0.500. The van der Waals surface area contributed by atoms with Crippen LogP contribution in [0.4, 0.5) is 5.69 Å². The highest BCUT2D eigenvalue weighted by atomic mass is 16.1. The maximum atomic E-state index is 11.7. The fourth-order valence-electron chi connectivity index (χ4n) is 1.19. The van der Waals surface area contributed by atoms with E-state index in [-0.39, 0.29) is 5.91 Å². The minimum atomic E-state index is -0.152. The van der Waals surface area contributed by atoms with Crippen LogP contribution in [0.5, 0.6) is 0 Å². The molecule has 0 aromatic carbocycles. The van der Waals surface area contributed by atoms with E-state index in [0.717, 1.165) is 0 Å². The Morgan fingerprint density at radius 3 is 2.59 bits per heavy atom. The van der Waals surface area contributed by atoms with Crippen molar-refractivity contribution >= 4 is 11.6 Å². The molecule has 1 unspecified atom stereocenters. The van der Waals surface area contributed by atoms with Crippen LogP contribution in [0.3, 0.4) is 0 Å². The number of nitrogens with two attached hydrogens (primary N) is 1. The van der Waals surface area contributed by atoms with Gasteiger partial charge in [-0.2, -0.15) is 0 Å². The fourth-order valence-corrected chi connectivity index (χ4v) is 1.19. The number of hydrazine groups is 1. The van der Waals surface area contributed by atoms with E-state index < -0.39 is 0 Å². The molecule has 1 heterocycles. The van der Waals surface area contributed by atoms with E-state index in [1.54, 1.807) is 12.1 Å². The average molecular weight is 236 g/mol. The third-order valence-electron chi connectivity index (χ3n) is 2.89. The minimum Gasteiger partial charge on any atom is -0.350 e. The molecule has 1 rings (SSSR count). The zero-order valence-electron chi connectivity index (χ0n) is 10.5. The average Bonchev–Trinajstić information content (AvgIpc) is 2.35. The van der Waals surface area contributed by atoms with Gasteiger partial charge in [-0.1, -0.05) is 20.8 Å². The van der Waals surface area contributed by atoms with Crippen molar-refractivity contribution in [3.05, 3.63) is 24.0 Å². The van der Waals surface area contributed by atoms with Crippen molar-refractivity contribution in [1.29, 1.82) is 0 Å². The number of amides is 1. The summed E-state index contributed by atoms with van der Waals surface area (Å²) in [5.74, 6) is 6.06. The number of carbonyl (C=O) groups excluding carboxylic acids is 1. The molecule has 0 fully saturated rings. The van der Waals surface area contributed by atoms with Crippen molar-refractivity contribution in [3.63, 3.8) is 0 Å². The normalized spacial score (nSPS) is 12.3. The van der Waals surface area contributed by atoms with Gasteiger partial charge in [0.05, 0.1) is 11.9 Å². The second-order valence-electron chi connectivity index (χ2n) is 4.51. The molecule has 5 heteroatoms. The molecule has 0 spiro atoms. The zero-order valence-corrected chi connectivity index (χ0v) is 10.5. The largest absolute Gasteiger partial charge is 0.350 e. The van der Waals surface area contributed by atoms with Crippen molar-refractivity contribution in [2.45, 2.75) is 20.8 Å². The molecule has 1 atom stereocenters. The number of rotatable bonds is 5. The first kappa shape index (κ1) is 13.4. The number of aromatic nitrogens is 1. The van der Waals surface area contributed by atoms with E-state index in [1.165, 1.54) is 6.20 Å². The van der Waals surface area contributed by atoms with E-state index in [4.69, 9.17) is 5.84 Å². The van der Waals surface area contributed by atoms with Crippen LogP contribution in [0, 0.1) is 11.8 Å². The highest BCUT2D eigenvalue weighted by Crippen LogP contribution is 2.08. The van der Waals surface area contributed by atoms with E-state index in [2.05, 4.69) is 36.5 Å². The Morgan fingerprint density at radius 1 is 1.41 bits per heavy atom. The first-order valence-corrected chi connectivity index (χ1v) is 5.75. The lowest BCUT2D eigenvalue weighted by Crippen LogP contribution is -2.30. The van der Waals surface area contributed by atoms with E-state index >= 15 is 0 Å². The maximum absolute atomic E-state index is 11.7. The Bertz CT molecular complexity index is 361. The summed E-state index contributed by atoms with van der Waals surface area (Å²) in [7, 11) is 0. The second-order valence-corrected chi connectivity index (χ2v) is 4.51. The molecule has 94 valence electrons. The molecule has 1 aromatic heterocycles. The molecule has 4 N–H and O–H groups in total. The van der Waals surface area contributed by atoms with Crippen molar-refractivity contribution in [2.24, 2.45) is 17.7 Å². The van der Waals surface area contributed by atoms with Gasteiger partial charge in [0.2, 0.25) is 0 Å². The number of hydrogen-bond acceptors (Lipinski definition) is 4. The van der Waals surface area contributed by atoms with Gasteiger partial charge in [-0.3, -0.25) is 10.6 Å². The molecule has 0 aliphatic carbocycles. The van der Waals surface area contributed by atoms with Gasteiger partial charge in [0, 0.05) is 6.54 Å². The van der Waals surface area contributed by atoms with Crippen LogP contribution in [0.25, 0.3) is 0 Å². The highest BCUT2D eigenvalue weighted by Gasteiger charge is 2.11. The molecule has 5 nitrogen and oxygen atoms in total. The molecule has 1 amide bonds. The number of nitrogens with one attached hydrogen (secondary N) is 2. The Hall–Kier alpha value is -1.62. The quantitative estimate of drug-likeness (QED) is 0.533. The van der Waals surface area contributed by atoms with Crippen LogP contribution in [-0.2, 0) is 0 Å². The number of carbonyl (C=O) groups is 1. The van der Waals surface area contributed by atoms with Gasteiger partial charge in [0.25, 0.3) is 5.91 Å². The summed E-state index contributed by atoms with van der Waals surface area (Å²) in [6.45, 7) is 7.04. The molecule has 0 saturated heterocycles. The van der Waals surface area contributed by atoms with Gasteiger partial charge < -0.3 is 10.7 Å². The highest BCUT2D eigenvalue weighted by molar-refractivity contribution is 5.92. The minimum absolute atomic E-state index is 0.152. The summed E-state index contributed by atoms with van der Waals surface area (Å²) in [5.41, 5.74) is 3.54. The van der Waals surface area contributed by atoms with E-state index in [9.17, 15) is 4.79 Å². The van der Waals surface area contributed by atoms with Crippen molar-refractivity contribution in [1.82, 2.24) is 10.3 Å². The van der Waals surface area contributed by atoms with Crippen LogP contribution in [0.15, 0.2) is 18.3 Å². The summed E-state index contributed by atoms with van der Waals surface area (Å²) >= 11 is 0. The summed E-state index contributed by atoms with van der Waals surface area (Å²) in [6, 6.07) is 3.36. The first-order chi connectivity index (χ1) is 8.04. The Labute approximate surface area is 102 Å². The third kappa shape index (κ3) is 4.03. The molecule has 0 bridgehead atoms. The van der Waals surface area contributed by atoms with Gasteiger partial charge >= 0.3 is 0 Å². The Balaban J connectivity index is 2.52. The number of hydrogen-bond donors (Lipinski definition) is 3. The SMILES string of the molecule is CC(C)C(C)CNC(=O)c1ccc(NN)cn1. The first-order valence-electron chi connectivity index (χ1n) is 5.75. The van der Waals surface area contributed by atoms with Crippen LogP contribution in [-0.4, -0.2) is 17.4 Å². The third-order valence-corrected chi connectivity index (χ3v) is 2.89. The van der Waals surface area contributed by atoms with E-state index in [1.807, 2.05) is 0 Å². The standard InChI is InChI=1S/C12H20N4O/c1-8(2)9(3)6-15-12(17)11-5-4-10(16-13)7-14-11/h4-5,7-9,16H,6,13H2,1-3H3,(H,15,17). The number of nitrogen functional groups attached to an aromatic ring is 1. The summed E-state index contributed by atoms with van der Waals surface area (Å²) in [4.78, 5) is 15.8. The molecule has 0 saturated carbocycles. The molecule has 0 radical (unpaired) electrons. The van der Waals surface area contributed by atoms with Crippen molar-refractivity contribution in [3.8, 4) is 0 Å². The lowest BCUT2D eigenvalue weighted by atomic mass is 9.98. The molecular weight excluding hydrogens is 216 g/mol. The van der Waals surface area contributed by atoms with Gasteiger partial charge in [-0.25, -0.2) is 4.98 Å². The smallest absolute Gasteiger partial charge is 0.269 e. The van der Waals surface area contributed by atoms with Gasteiger partial charge in [-0.15, -0.1) is 0 Å². The second kappa shape index (κ2) is 6.20. The molecule has 1 aromatic rings. The van der Waals surface area contributed by atoms with Crippen LogP contribution in [0.1, 0.15) is 31.3 Å².